The summed E-state index contributed by atoms with van der Waals surface area (Å²) in [5.41, 5.74) is 14.3. The van der Waals surface area contributed by atoms with Crippen LogP contribution in [0.4, 0.5) is 11.6 Å². The molecule has 7 nitrogen and oxygen atoms in total. The molecule has 1 aliphatic rings. The zero-order valence-corrected chi connectivity index (χ0v) is 12.5. The standard InChI is InChI=1S/C16H17N7/c17-11-8-23(9-11)13-7-19-15(18)14(22-13)16-20-6-12(21-16)10-4-2-1-3-5-10/h1-7,11H,8-9,17H2,(H2,18,19)(H,20,21). The molecule has 116 valence electrons. The molecule has 0 aliphatic carbocycles. The predicted molar refractivity (Wildman–Crippen MR) is 89.7 cm³/mol. The van der Waals surface area contributed by atoms with Gasteiger partial charge in [0.2, 0.25) is 0 Å². The first-order valence-electron chi connectivity index (χ1n) is 7.44. The molecule has 3 aromatic rings. The highest BCUT2D eigenvalue weighted by atomic mass is 15.3. The average molecular weight is 307 g/mol. The molecule has 0 amide bonds. The fourth-order valence-corrected chi connectivity index (χ4v) is 2.62. The van der Waals surface area contributed by atoms with Gasteiger partial charge in [-0.25, -0.2) is 15.0 Å². The minimum absolute atomic E-state index is 0.200. The van der Waals surface area contributed by atoms with Crippen LogP contribution >= 0.6 is 0 Å². The third kappa shape index (κ3) is 2.51. The van der Waals surface area contributed by atoms with Crippen molar-refractivity contribution >= 4 is 11.6 Å². The van der Waals surface area contributed by atoms with Gasteiger partial charge in [0.1, 0.15) is 5.82 Å². The lowest BCUT2D eigenvalue weighted by Gasteiger charge is -2.37. The Morgan fingerprint density at radius 1 is 1.09 bits per heavy atom. The summed E-state index contributed by atoms with van der Waals surface area (Å²) >= 11 is 0. The average Bonchev–Trinajstić information content (AvgIpc) is 3.03. The van der Waals surface area contributed by atoms with E-state index in [0.29, 0.717) is 17.3 Å². The van der Waals surface area contributed by atoms with E-state index in [9.17, 15) is 0 Å². The molecule has 0 radical (unpaired) electrons. The van der Waals surface area contributed by atoms with Crippen molar-refractivity contribution in [3.05, 3.63) is 42.7 Å². The molecular formula is C16H17N7. The van der Waals surface area contributed by atoms with E-state index in [1.165, 1.54) is 0 Å². The van der Waals surface area contributed by atoms with Gasteiger partial charge >= 0.3 is 0 Å². The quantitative estimate of drug-likeness (QED) is 0.672. The number of aromatic nitrogens is 4. The van der Waals surface area contributed by atoms with Crippen LogP contribution in [0, 0.1) is 0 Å². The number of nitrogen functional groups attached to an aromatic ring is 1. The summed E-state index contributed by atoms with van der Waals surface area (Å²) in [6, 6.07) is 10.2. The molecule has 0 atom stereocenters. The first-order chi connectivity index (χ1) is 11.2. The van der Waals surface area contributed by atoms with Gasteiger partial charge in [0.25, 0.3) is 0 Å². The van der Waals surface area contributed by atoms with Crippen molar-refractivity contribution in [1.29, 1.82) is 0 Å². The Morgan fingerprint density at radius 3 is 2.61 bits per heavy atom. The van der Waals surface area contributed by atoms with Crippen LogP contribution in [-0.4, -0.2) is 39.1 Å². The SMILES string of the molecule is Nc1ncc(N2CC(N)C2)nc1-c1ncc(-c2ccccc2)[nH]1. The van der Waals surface area contributed by atoms with Gasteiger partial charge < -0.3 is 21.4 Å². The van der Waals surface area contributed by atoms with E-state index < -0.39 is 0 Å². The van der Waals surface area contributed by atoms with Crippen molar-refractivity contribution in [2.45, 2.75) is 6.04 Å². The zero-order valence-electron chi connectivity index (χ0n) is 12.5. The van der Waals surface area contributed by atoms with E-state index in [0.717, 1.165) is 30.2 Å². The lowest BCUT2D eigenvalue weighted by Crippen LogP contribution is -2.56. The molecule has 7 heteroatoms. The molecule has 0 unspecified atom stereocenters. The molecule has 23 heavy (non-hydrogen) atoms. The van der Waals surface area contributed by atoms with E-state index in [4.69, 9.17) is 11.5 Å². The molecule has 0 saturated carbocycles. The Bertz CT molecular complexity index is 821. The summed E-state index contributed by atoms with van der Waals surface area (Å²) in [5.74, 6) is 1.74. The second kappa shape index (κ2) is 5.36. The van der Waals surface area contributed by atoms with Gasteiger partial charge in [-0.1, -0.05) is 30.3 Å². The Kier molecular flexibility index (Phi) is 3.20. The molecule has 1 saturated heterocycles. The van der Waals surface area contributed by atoms with E-state index in [-0.39, 0.29) is 6.04 Å². The number of nitrogens with zero attached hydrogens (tertiary/aromatic N) is 4. The van der Waals surface area contributed by atoms with Crippen LogP contribution in [-0.2, 0) is 0 Å². The number of rotatable bonds is 3. The molecule has 1 aromatic carbocycles. The second-order valence-corrected chi connectivity index (χ2v) is 5.64. The van der Waals surface area contributed by atoms with Gasteiger partial charge in [-0.15, -0.1) is 0 Å². The fourth-order valence-electron chi connectivity index (χ4n) is 2.62. The van der Waals surface area contributed by atoms with Crippen molar-refractivity contribution in [3.8, 4) is 22.8 Å². The Hall–Kier alpha value is -2.93. The number of anilines is 2. The molecule has 0 spiro atoms. The number of aromatic amines is 1. The van der Waals surface area contributed by atoms with Crippen LogP contribution < -0.4 is 16.4 Å². The number of nitrogens with one attached hydrogen (secondary N) is 1. The first-order valence-corrected chi connectivity index (χ1v) is 7.44. The van der Waals surface area contributed by atoms with Crippen LogP contribution in [0.1, 0.15) is 0 Å². The monoisotopic (exact) mass is 307 g/mol. The van der Waals surface area contributed by atoms with Crippen molar-refractivity contribution in [1.82, 2.24) is 19.9 Å². The predicted octanol–water partition coefficient (Wildman–Crippen LogP) is 1.26. The van der Waals surface area contributed by atoms with E-state index in [1.54, 1.807) is 12.4 Å². The lowest BCUT2D eigenvalue weighted by molar-refractivity contribution is 0.514. The number of nitrogens with two attached hydrogens (primary N) is 2. The Labute approximate surface area is 133 Å². The van der Waals surface area contributed by atoms with Gasteiger partial charge in [-0.3, -0.25) is 0 Å². The maximum absolute atomic E-state index is 5.98. The minimum Gasteiger partial charge on any atom is -0.382 e. The summed E-state index contributed by atoms with van der Waals surface area (Å²) in [7, 11) is 0. The van der Waals surface area contributed by atoms with E-state index in [2.05, 4.69) is 24.8 Å². The summed E-state index contributed by atoms with van der Waals surface area (Å²) < 4.78 is 0. The van der Waals surface area contributed by atoms with Crippen molar-refractivity contribution in [2.75, 3.05) is 23.7 Å². The van der Waals surface area contributed by atoms with Gasteiger partial charge in [-0.05, 0) is 5.56 Å². The van der Waals surface area contributed by atoms with Crippen LogP contribution in [0.25, 0.3) is 22.8 Å². The largest absolute Gasteiger partial charge is 0.382 e. The zero-order chi connectivity index (χ0) is 15.8. The highest BCUT2D eigenvalue weighted by molar-refractivity contribution is 5.69. The molecule has 4 rings (SSSR count). The molecule has 3 heterocycles. The summed E-state index contributed by atoms with van der Waals surface area (Å²) in [5, 5.41) is 0. The highest BCUT2D eigenvalue weighted by Gasteiger charge is 2.25. The van der Waals surface area contributed by atoms with Crippen molar-refractivity contribution in [2.24, 2.45) is 5.73 Å². The minimum atomic E-state index is 0.200. The Morgan fingerprint density at radius 2 is 1.87 bits per heavy atom. The Balaban J connectivity index is 1.68. The first kappa shape index (κ1) is 13.7. The number of benzene rings is 1. The second-order valence-electron chi connectivity index (χ2n) is 5.64. The third-order valence-corrected chi connectivity index (χ3v) is 3.91. The molecule has 1 fully saturated rings. The smallest absolute Gasteiger partial charge is 0.160 e. The number of H-pyrrole nitrogens is 1. The number of imidazole rings is 1. The van der Waals surface area contributed by atoms with Crippen LogP contribution in [0.15, 0.2) is 42.7 Å². The maximum Gasteiger partial charge on any atom is 0.160 e. The van der Waals surface area contributed by atoms with Crippen LogP contribution in [0.5, 0.6) is 0 Å². The van der Waals surface area contributed by atoms with E-state index >= 15 is 0 Å². The van der Waals surface area contributed by atoms with E-state index in [1.807, 2.05) is 30.3 Å². The molecule has 1 aliphatic heterocycles. The van der Waals surface area contributed by atoms with Crippen LogP contribution in [0.3, 0.4) is 0 Å². The van der Waals surface area contributed by atoms with Gasteiger partial charge in [-0.2, -0.15) is 0 Å². The topological polar surface area (TPSA) is 110 Å². The normalized spacial score (nSPS) is 14.7. The van der Waals surface area contributed by atoms with Gasteiger partial charge in [0, 0.05) is 19.1 Å². The fraction of sp³-hybridized carbons (Fsp3) is 0.188. The summed E-state index contributed by atoms with van der Waals surface area (Å²) in [6.45, 7) is 1.57. The maximum atomic E-state index is 5.98. The van der Waals surface area contributed by atoms with Gasteiger partial charge in [0.15, 0.2) is 17.3 Å². The molecule has 5 N–H and O–H groups in total. The van der Waals surface area contributed by atoms with Crippen LogP contribution in [0.2, 0.25) is 0 Å². The summed E-state index contributed by atoms with van der Waals surface area (Å²) in [4.78, 5) is 18.6. The highest BCUT2D eigenvalue weighted by Crippen LogP contribution is 2.26. The lowest BCUT2D eigenvalue weighted by atomic mass is 10.1. The molecule has 2 aromatic heterocycles. The van der Waals surface area contributed by atoms with Crippen molar-refractivity contribution in [3.63, 3.8) is 0 Å². The molecular weight excluding hydrogens is 290 g/mol. The number of hydrogen-bond acceptors (Lipinski definition) is 6. The molecule has 0 bridgehead atoms. The van der Waals surface area contributed by atoms with Crippen molar-refractivity contribution < 1.29 is 0 Å². The van der Waals surface area contributed by atoms with Gasteiger partial charge in [0.05, 0.1) is 18.1 Å². The summed E-state index contributed by atoms with van der Waals surface area (Å²) in [6.07, 6.45) is 3.45. The number of hydrogen-bond donors (Lipinski definition) is 3. The third-order valence-electron chi connectivity index (χ3n) is 3.91.